The topological polar surface area (TPSA) is 131 Å². The summed E-state index contributed by atoms with van der Waals surface area (Å²) >= 11 is 6.22. The number of fused-ring (bicyclic) bond motifs is 3. The Kier molecular flexibility index (Phi) is 6.51. The Morgan fingerprint density at radius 3 is 2.67 bits per heavy atom. The molecule has 1 saturated heterocycles. The lowest BCUT2D eigenvalue weighted by atomic mass is 9.97. The number of aromatic nitrogens is 3. The fourth-order valence-corrected chi connectivity index (χ4v) is 5.06. The first-order valence-electron chi connectivity index (χ1n) is 12.3. The lowest BCUT2D eigenvalue weighted by Crippen LogP contribution is -2.61. The van der Waals surface area contributed by atoms with Crippen LogP contribution in [0.3, 0.4) is 0 Å². The molecule has 1 fully saturated rings. The summed E-state index contributed by atoms with van der Waals surface area (Å²) < 4.78 is 18.8. The lowest BCUT2D eigenvalue weighted by molar-refractivity contribution is -0.189. The van der Waals surface area contributed by atoms with Gasteiger partial charge in [0, 0.05) is 28.5 Å². The molecule has 1 unspecified atom stereocenters. The number of halogens is 1. The summed E-state index contributed by atoms with van der Waals surface area (Å²) in [5.41, 5.74) is 9.12. The van der Waals surface area contributed by atoms with E-state index in [-0.39, 0.29) is 25.2 Å². The molecule has 0 spiro atoms. The van der Waals surface area contributed by atoms with Crippen molar-refractivity contribution in [3.05, 3.63) is 94.8 Å². The SMILES string of the molecule is NC(=O)C1(C(Cc2ccccc2)NC(=O)c2cccnc2-n2cc3c(n2)-c2cc(Cl)ccc2OC3)OCCO1. The van der Waals surface area contributed by atoms with E-state index in [9.17, 15) is 9.59 Å². The van der Waals surface area contributed by atoms with Crippen LogP contribution in [0.5, 0.6) is 5.75 Å². The number of primary amides is 1. The molecule has 0 aliphatic carbocycles. The standard InChI is InChI=1S/C28H24ClN5O5/c29-19-8-9-22-21(14-19)24-18(16-37-22)15-34(33-24)25-20(7-4-10-31-25)26(35)32-23(13-17-5-2-1-3-6-17)28(27(30)36)38-11-12-39-28/h1-10,14-15,23H,11-13,16H2,(H2,30,36)(H,32,35). The molecule has 6 rings (SSSR count). The smallest absolute Gasteiger partial charge is 0.280 e. The second-order valence-electron chi connectivity index (χ2n) is 9.20. The van der Waals surface area contributed by atoms with Crippen molar-refractivity contribution in [1.82, 2.24) is 20.1 Å². The van der Waals surface area contributed by atoms with Crippen molar-refractivity contribution in [2.75, 3.05) is 13.2 Å². The molecule has 2 aliphatic heterocycles. The van der Waals surface area contributed by atoms with Crippen LogP contribution < -0.4 is 15.8 Å². The molecule has 2 aromatic heterocycles. The van der Waals surface area contributed by atoms with Gasteiger partial charge in [0.1, 0.15) is 18.1 Å². The second kappa shape index (κ2) is 10.1. The van der Waals surface area contributed by atoms with E-state index in [1.807, 2.05) is 30.3 Å². The molecule has 198 valence electrons. The zero-order valence-electron chi connectivity index (χ0n) is 20.7. The summed E-state index contributed by atoms with van der Waals surface area (Å²) in [7, 11) is 0. The number of carbonyl (C=O) groups is 2. The van der Waals surface area contributed by atoms with Crippen molar-refractivity contribution in [1.29, 1.82) is 0 Å². The van der Waals surface area contributed by atoms with Crippen molar-refractivity contribution in [3.63, 3.8) is 0 Å². The molecule has 11 heteroatoms. The fourth-order valence-electron chi connectivity index (χ4n) is 4.89. The van der Waals surface area contributed by atoms with Gasteiger partial charge >= 0.3 is 0 Å². The monoisotopic (exact) mass is 545 g/mol. The molecule has 0 radical (unpaired) electrons. The maximum atomic E-state index is 13.7. The van der Waals surface area contributed by atoms with Gasteiger partial charge in [0.05, 0.1) is 24.8 Å². The van der Waals surface area contributed by atoms with E-state index in [4.69, 9.17) is 36.6 Å². The van der Waals surface area contributed by atoms with E-state index in [1.54, 1.807) is 42.7 Å². The molecule has 1 atom stereocenters. The number of ether oxygens (including phenoxy) is 3. The first-order chi connectivity index (χ1) is 18.9. The quantitative estimate of drug-likeness (QED) is 0.365. The number of nitrogens with two attached hydrogens (primary N) is 1. The summed E-state index contributed by atoms with van der Waals surface area (Å²) in [4.78, 5) is 30.8. The average molecular weight is 546 g/mol. The number of hydrogen-bond acceptors (Lipinski definition) is 7. The summed E-state index contributed by atoms with van der Waals surface area (Å²) in [6.45, 7) is 0.663. The highest BCUT2D eigenvalue weighted by atomic mass is 35.5. The van der Waals surface area contributed by atoms with E-state index >= 15 is 0 Å². The maximum Gasteiger partial charge on any atom is 0.280 e. The van der Waals surface area contributed by atoms with Gasteiger partial charge in [0.25, 0.3) is 17.6 Å². The highest BCUT2D eigenvalue weighted by Gasteiger charge is 2.51. The summed E-state index contributed by atoms with van der Waals surface area (Å²) in [6.07, 6.45) is 3.59. The number of pyridine rings is 1. The lowest BCUT2D eigenvalue weighted by Gasteiger charge is -2.33. The number of nitrogens with one attached hydrogen (secondary N) is 1. The first kappa shape index (κ1) is 25.1. The molecule has 10 nitrogen and oxygen atoms in total. The van der Waals surface area contributed by atoms with E-state index in [1.165, 1.54) is 4.68 Å². The maximum absolute atomic E-state index is 13.7. The largest absolute Gasteiger partial charge is 0.488 e. The van der Waals surface area contributed by atoms with Crippen LogP contribution in [-0.2, 0) is 27.3 Å². The molecule has 0 saturated carbocycles. The van der Waals surface area contributed by atoms with Gasteiger partial charge in [-0.3, -0.25) is 9.59 Å². The zero-order valence-corrected chi connectivity index (χ0v) is 21.4. The second-order valence-corrected chi connectivity index (χ2v) is 9.63. The summed E-state index contributed by atoms with van der Waals surface area (Å²) in [6, 6.07) is 17.1. The predicted molar refractivity (Wildman–Crippen MR) is 141 cm³/mol. The van der Waals surface area contributed by atoms with Gasteiger partial charge < -0.3 is 25.3 Å². The summed E-state index contributed by atoms with van der Waals surface area (Å²) in [5, 5.41) is 8.21. The Hall–Kier alpha value is -4.25. The van der Waals surface area contributed by atoms with Gasteiger partial charge in [0.2, 0.25) is 0 Å². The minimum atomic E-state index is -1.81. The first-order valence-corrected chi connectivity index (χ1v) is 12.7. The normalized spacial score (nSPS) is 16.0. The van der Waals surface area contributed by atoms with Crippen LogP contribution >= 0.6 is 11.6 Å². The van der Waals surface area contributed by atoms with Gasteiger partial charge in [0.15, 0.2) is 5.82 Å². The third-order valence-corrected chi connectivity index (χ3v) is 6.96. The van der Waals surface area contributed by atoms with Crippen LogP contribution in [0.2, 0.25) is 5.02 Å². The Morgan fingerprint density at radius 2 is 1.90 bits per heavy atom. The fraction of sp³-hybridized carbons (Fsp3) is 0.214. The van der Waals surface area contributed by atoms with Crippen LogP contribution in [0.1, 0.15) is 21.5 Å². The molecular formula is C28H24ClN5O5. The molecule has 2 aliphatic rings. The number of amides is 2. The molecule has 2 aromatic carbocycles. The predicted octanol–water partition coefficient (Wildman–Crippen LogP) is 3.05. The highest BCUT2D eigenvalue weighted by Crippen LogP contribution is 2.38. The van der Waals surface area contributed by atoms with E-state index in [2.05, 4.69) is 10.3 Å². The van der Waals surface area contributed by atoms with E-state index < -0.39 is 23.6 Å². The number of hydrogen-bond donors (Lipinski definition) is 2. The molecular weight excluding hydrogens is 522 g/mol. The van der Waals surface area contributed by atoms with Crippen LogP contribution in [0, 0.1) is 0 Å². The molecule has 0 bridgehead atoms. The summed E-state index contributed by atoms with van der Waals surface area (Å²) in [5.74, 6) is -2.14. The minimum absolute atomic E-state index is 0.175. The number of nitrogens with zero attached hydrogens (tertiary/aromatic N) is 3. The van der Waals surface area contributed by atoms with Gasteiger partial charge in [-0.2, -0.15) is 5.10 Å². The van der Waals surface area contributed by atoms with Crippen molar-refractivity contribution < 1.29 is 23.8 Å². The third kappa shape index (κ3) is 4.63. The van der Waals surface area contributed by atoms with Crippen molar-refractivity contribution >= 4 is 23.4 Å². The molecule has 2 amide bonds. The number of benzene rings is 2. The zero-order chi connectivity index (χ0) is 27.0. The minimum Gasteiger partial charge on any atom is -0.488 e. The Labute approximate surface area is 228 Å². The van der Waals surface area contributed by atoms with Gasteiger partial charge in [-0.15, -0.1) is 0 Å². The third-order valence-electron chi connectivity index (χ3n) is 6.72. The highest BCUT2D eigenvalue weighted by molar-refractivity contribution is 6.31. The van der Waals surface area contributed by atoms with Crippen LogP contribution in [-0.4, -0.2) is 51.6 Å². The molecule has 3 N–H and O–H groups in total. The van der Waals surface area contributed by atoms with Gasteiger partial charge in [-0.1, -0.05) is 41.9 Å². The van der Waals surface area contributed by atoms with Crippen LogP contribution in [0.25, 0.3) is 17.1 Å². The van der Waals surface area contributed by atoms with E-state index in [0.717, 1.165) is 16.7 Å². The average Bonchev–Trinajstić information content (AvgIpc) is 3.62. The number of rotatable bonds is 7. The van der Waals surface area contributed by atoms with Crippen molar-refractivity contribution in [2.24, 2.45) is 5.73 Å². The van der Waals surface area contributed by atoms with Crippen molar-refractivity contribution in [3.8, 4) is 22.8 Å². The van der Waals surface area contributed by atoms with Gasteiger partial charge in [-0.25, -0.2) is 9.67 Å². The Morgan fingerprint density at radius 1 is 1.10 bits per heavy atom. The van der Waals surface area contributed by atoms with Crippen LogP contribution in [0.4, 0.5) is 0 Å². The molecule has 4 heterocycles. The van der Waals surface area contributed by atoms with E-state index in [0.29, 0.717) is 28.9 Å². The molecule has 4 aromatic rings. The Bertz CT molecular complexity index is 1550. The molecule has 39 heavy (non-hydrogen) atoms. The van der Waals surface area contributed by atoms with Crippen molar-refractivity contribution in [2.45, 2.75) is 24.9 Å². The Balaban J connectivity index is 1.35. The number of carbonyl (C=O) groups excluding carboxylic acids is 2. The van der Waals surface area contributed by atoms with Crippen LogP contribution in [0.15, 0.2) is 73.1 Å². The van der Waals surface area contributed by atoms with Gasteiger partial charge in [-0.05, 0) is 42.3 Å².